The summed E-state index contributed by atoms with van der Waals surface area (Å²) in [4.78, 5) is 26.9. The third-order valence-corrected chi connectivity index (χ3v) is 4.82. The van der Waals surface area contributed by atoms with Crippen molar-refractivity contribution in [2.24, 2.45) is 11.7 Å². The van der Waals surface area contributed by atoms with Gasteiger partial charge in [0.2, 0.25) is 5.91 Å². The molecule has 24 heavy (non-hydrogen) atoms. The first kappa shape index (κ1) is 20.8. The molecular formula is C17H26ClN3O2S. The molecule has 1 saturated heterocycles. The quantitative estimate of drug-likeness (QED) is 0.765. The van der Waals surface area contributed by atoms with Crippen molar-refractivity contribution in [2.75, 3.05) is 31.6 Å². The molecule has 2 amide bonds. The molecule has 134 valence electrons. The zero-order valence-electron chi connectivity index (χ0n) is 13.9. The number of nitrogens with two attached hydrogens (primary N) is 1. The van der Waals surface area contributed by atoms with Crippen LogP contribution in [-0.2, 0) is 4.79 Å². The van der Waals surface area contributed by atoms with E-state index in [1.165, 1.54) is 0 Å². The van der Waals surface area contributed by atoms with E-state index in [0.29, 0.717) is 31.0 Å². The maximum absolute atomic E-state index is 12.7. The van der Waals surface area contributed by atoms with E-state index < -0.39 is 6.04 Å². The van der Waals surface area contributed by atoms with Gasteiger partial charge in [0.25, 0.3) is 5.91 Å². The van der Waals surface area contributed by atoms with Crippen molar-refractivity contribution in [1.29, 1.82) is 0 Å². The summed E-state index contributed by atoms with van der Waals surface area (Å²) in [5.41, 5.74) is 6.28. The van der Waals surface area contributed by atoms with Gasteiger partial charge in [-0.05, 0) is 49.4 Å². The van der Waals surface area contributed by atoms with Crippen molar-refractivity contribution in [3.63, 3.8) is 0 Å². The summed E-state index contributed by atoms with van der Waals surface area (Å²) in [7, 11) is 0. The molecule has 0 aliphatic carbocycles. The standard InChI is InChI=1S/C17H25N3O2S.ClH/c1-23-10-8-15(17(22)20-9-7-13(11-18)12-20)19-16(21)14-5-3-2-4-6-14;/h2-6,13,15H,7-12,18H2,1H3,(H,19,21);1H. The molecule has 2 atom stereocenters. The Bertz CT molecular complexity index is 530. The number of amides is 2. The summed E-state index contributed by atoms with van der Waals surface area (Å²) in [6.07, 6.45) is 3.59. The maximum Gasteiger partial charge on any atom is 0.251 e. The van der Waals surface area contributed by atoms with Crippen molar-refractivity contribution >= 4 is 36.0 Å². The topological polar surface area (TPSA) is 75.4 Å². The van der Waals surface area contributed by atoms with Gasteiger partial charge in [-0.25, -0.2) is 0 Å². The molecule has 0 saturated carbocycles. The Morgan fingerprint density at radius 3 is 2.67 bits per heavy atom. The average molecular weight is 372 g/mol. The first-order valence-electron chi connectivity index (χ1n) is 7.99. The molecule has 1 heterocycles. The zero-order chi connectivity index (χ0) is 16.7. The summed E-state index contributed by atoms with van der Waals surface area (Å²) >= 11 is 1.68. The van der Waals surface area contributed by atoms with Crippen molar-refractivity contribution in [3.05, 3.63) is 35.9 Å². The van der Waals surface area contributed by atoms with Gasteiger partial charge in [-0.1, -0.05) is 18.2 Å². The van der Waals surface area contributed by atoms with Gasteiger partial charge < -0.3 is 16.0 Å². The highest BCUT2D eigenvalue weighted by Crippen LogP contribution is 2.17. The van der Waals surface area contributed by atoms with Gasteiger partial charge >= 0.3 is 0 Å². The molecule has 3 N–H and O–H groups in total. The molecule has 1 aromatic carbocycles. The predicted octanol–water partition coefficient (Wildman–Crippen LogP) is 1.77. The largest absolute Gasteiger partial charge is 0.341 e. The fourth-order valence-corrected chi connectivity index (χ4v) is 3.24. The molecule has 1 aliphatic heterocycles. The van der Waals surface area contributed by atoms with E-state index in [9.17, 15) is 9.59 Å². The number of likely N-dealkylation sites (tertiary alicyclic amines) is 1. The number of benzene rings is 1. The number of nitrogens with one attached hydrogen (secondary N) is 1. The molecule has 0 bridgehead atoms. The summed E-state index contributed by atoms with van der Waals surface area (Å²) in [5.74, 6) is 1.03. The number of carbonyl (C=O) groups is 2. The van der Waals surface area contributed by atoms with Crippen LogP contribution in [0.2, 0.25) is 0 Å². The molecule has 7 heteroatoms. The second kappa shape index (κ2) is 10.6. The van der Waals surface area contributed by atoms with E-state index in [-0.39, 0.29) is 24.2 Å². The maximum atomic E-state index is 12.7. The van der Waals surface area contributed by atoms with E-state index in [4.69, 9.17) is 5.73 Å². The van der Waals surface area contributed by atoms with Crippen molar-refractivity contribution < 1.29 is 9.59 Å². The minimum atomic E-state index is -0.466. The minimum Gasteiger partial charge on any atom is -0.341 e. The summed E-state index contributed by atoms with van der Waals surface area (Å²) < 4.78 is 0. The number of hydrogen-bond acceptors (Lipinski definition) is 4. The summed E-state index contributed by atoms with van der Waals surface area (Å²) in [6.45, 7) is 2.04. The number of rotatable bonds is 7. The monoisotopic (exact) mass is 371 g/mol. The Balaban J connectivity index is 0.00000288. The summed E-state index contributed by atoms with van der Waals surface area (Å²) in [6, 6.07) is 8.55. The molecular weight excluding hydrogens is 346 g/mol. The Kier molecular flexibility index (Phi) is 9.18. The van der Waals surface area contributed by atoms with Gasteiger partial charge in [-0.2, -0.15) is 11.8 Å². The van der Waals surface area contributed by atoms with Crippen LogP contribution in [0.3, 0.4) is 0 Å². The van der Waals surface area contributed by atoms with Crippen LogP contribution in [0.5, 0.6) is 0 Å². The minimum absolute atomic E-state index is 0. The lowest BCUT2D eigenvalue weighted by Crippen LogP contribution is -2.48. The van der Waals surface area contributed by atoms with Crippen LogP contribution in [0.25, 0.3) is 0 Å². The van der Waals surface area contributed by atoms with Gasteiger partial charge in [0, 0.05) is 18.7 Å². The van der Waals surface area contributed by atoms with Crippen molar-refractivity contribution in [3.8, 4) is 0 Å². The fraction of sp³-hybridized carbons (Fsp3) is 0.529. The lowest BCUT2D eigenvalue weighted by molar-refractivity contribution is -0.132. The number of carbonyl (C=O) groups excluding carboxylic acids is 2. The molecule has 2 unspecified atom stereocenters. The molecule has 5 nitrogen and oxygen atoms in total. The molecule has 1 aromatic rings. The van der Waals surface area contributed by atoms with Gasteiger partial charge in [-0.3, -0.25) is 9.59 Å². The molecule has 1 fully saturated rings. The zero-order valence-corrected chi connectivity index (χ0v) is 15.6. The van der Waals surface area contributed by atoms with Crippen molar-refractivity contribution in [1.82, 2.24) is 10.2 Å². The van der Waals surface area contributed by atoms with Gasteiger partial charge in [0.1, 0.15) is 6.04 Å². The predicted molar refractivity (Wildman–Crippen MR) is 102 cm³/mol. The normalized spacial score (nSPS) is 17.9. The Labute approximate surface area is 154 Å². The first-order chi connectivity index (χ1) is 11.2. The van der Waals surface area contributed by atoms with Gasteiger partial charge in [-0.15, -0.1) is 12.4 Å². The van der Waals surface area contributed by atoms with Crippen LogP contribution in [-0.4, -0.2) is 54.4 Å². The van der Waals surface area contributed by atoms with E-state index in [2.05, 4.69) is 5.32 Å². The van der Waals surface area contributed by atoms with Crippen molar-refractivity contribution in [2.45, 2.75) is 18.9 Å². The third-order valence-electron chi connectivity index (χ3n) is 4.18. The molecule has 0 aromatic heterocycles. The molecule has 2 rings (SSSR count). The highest BCUT2D eigenvalue weighted by Gasteiger charge is 2.31. The third kappa shape index (κ3) is 5.69. The Hall–Kier alpha value is -1.24. The molecule has 0 spiro atoms. The smallest absolute Gasteiger partial charge is 0.251 e. The van der Waals surface area contributed by atoms with E-state index in [1.807, 2.05) is 29.4 Å². The van der Waals surface area contributed by atoms with Crippen LogP contribution in [0.4, 0.5) is 0 Å². The Morgan fingerprint density at radius 1 is 1.38 bits per heavy atom. The second-order valence-electron chi connectivity index (χ2n) is 5.85. The number of halogens is 1. The number of hydrogen-bond donors (Lipinski definition) is 2. The van der Waals surface area contributed by atoms with Crippen LogP contribution >= 0.6 is 24.2 Å². The van der Waals surface area contributed by atoms with Crippen LogP contribution < -0.4 is 11.1 Å². The van der Waals surface area contributed by atoms with E-state index in [0.717, 1.165) is 18.7 Å². The second-order valence-corrected chi connectivity index (χ2v) is 6.83. The van der Waals surface area contributed by atoms with E-state index >= 15 is 0 Å². The van der Waals surface area contributed by atoms with Gasteiger partial charge in [0.05, 0.1) is 0 Å². The SMILES string of the molecule is CSCCC(NC(=O)c1ccccc1)C(=O)N1CCC(CN)C1.Cl. The van der Waals surface area contributed by atoms with Crippen LogP contribution in [0.1, 0.15) is 23.2 Å². The molecule has 0 radical (unpaired) electrons. The van der Waals surface area contributed by atoms with Crippen LogP contribution in [0, 0.1) is 5.92 Å². The number of nitrogens with zero attached hydrogens (tertiary/aromatic N) is 1. The number of thioether (sulfide) groups is 1. The van der Waals surface area contributed by atoms with E-state index in [1.54, 1.807) is 23.9 Å². The fourth-order valence-electron chi connectivity index (χ4n) is 2.77. The lowest BCUT2D eigenvalue weighted by atomic mass is 10.1. The highest BCUT2D eigenvalue weighted by molar-refractivity contribution is 7.98. The first-order valence-corrected chi connectivity index (χ1v) is 9.38. The lowest BCUT2D eigenvalue weighted by Gasteiger charge is -2.24. The molecule has 1 aliphatic rings. The Morgan fingerprint density at radius 2 is 2.08 bits per heavy atom. The highest BCUT2D eigenvalue weighted by atomic mass is 35.5. The summed E-state index contributed by atoms with van der Waals surface area (Å²) in [5, 5.41) is 2.90. The van der Waals surface area contributed by atoms with Gasteiger partial charge in [0.15, 0.2) is 0 Å². The average Bonchev–Trinajstić information content (AvgIpc) is 3.07. The van der Waals surface area contributed by atoms with Crippen LogP contribution in [0.15, 0.2) is 30.3 Å².